The summed E-state index contributed by atoms with van der Waals surface area (Å²) in [4.78, 5) is 1.38. The van der Waals surface area contributed by atoms with Gasteiger partial charge in [-0.3, -0.25) is 0 Å². The third-order valence-electron chi connectivity index (χ3n) is 3.17. The largest absolute Gasteiger partial charge is 0.380 e. The highest BCUT2D eigenvalue weighted by molar-refractivity contribution is 9.11. The standard InChI is InChI=1S/C12H18BrNOS/c1-15-11-5-3-2-4-10(11)14-8-9-6-7-12(13)16-9/h6-7,10-11,14H,2-5,8H2,1H3. The fourth-order valence-corrected chi connectivity index (χ4v) is 3.72. The molecule has 1 aliphatic carbocycles. The third kappa shape index (κ3) is 3.29. The first-order valence-corrected chi connectivity index (χ1v) is 7.41. The number of thiophene rings is 1. The van der Waals surface area contributed by atoms with Gasteiger partial charge in [-0.05, 0) is 40.9 Å². The molecule has 0 aromatic carbocycles. The second kappa shape index (κ2) is 6.15. The Kier molecular flexibility index (Phi) is 4.82. The van der Waals surface area contributed by atoms with Crippen molar-refractivity contribution in [2.75, 3.05) is 7.11 Å². The maximum Gasteiger partial charge on any atom is 0.0724 e. The molecule has 0 radical (unpaired) electrons. The quantitative estimate of drug-likeness (QED) is 0.918. The molecule has 0 spiro atoms. The zero-order chi connectivity index (χ0) is 11.4. The molecule has 1 aromatic heterocycles. The van der Waals surface area contributed by atoms with E-state index in [2.05, 4.69) is 33.4 Å². The van der Waals surface area contributed by atoms with E-state index in [0.29, 0.717) is 12.1 Å². The highest BCUT2D eigenvalue weighted by Crippen LogP contribution is 2.24. The zero-order valence-corrected chi connectivity index (χ0v) is 11.9. The summed E-state index contributed by atoms with van der Waals surface area (Å²) < 4.78 is 6.73. The number of halogens is 1. The van der Waals surface area contributed by atoms with E-state index in [1.165, 1.54) is 34.3 Å². The molecule has 1 aliphatic rings. The number of methoxy groups -OCH3 is 1. The van der Waals surface area contributed by atoms with Crippen molar-refractivity contribution in [3.63, 3.8) is 0 Å². The summed E-state index contributed by atoms with van der Waals surface area (Å²) in [6, 6.07) is 4.81. The van der Waals surface area contributed by atoms with Crippen molar-refractivity contribution in [1.82, 2.24) is 5.32 Å². The van der Waals surface area contributed by atoms with Gasteiger partial charge in [0, 0.05) is 24.6 Å². The molecule has 1 fully saturated rings. The van der Waals surface area contributed by atoms with E-state index in [0.717, 1.165) is 6.54 Å². The van der Waals surface area contributed by atoms with Crippen molar-refractivity contribution in [3.05, 3.63) is 20.8 Å². The predicted molar refractivity (Wildman–Crippen MR) is 71.9 cm³/mol. The molecular weight excluding hydrogens is 286 g/mol. The molecule has 2 nitrogen and oxygen atoms in total. The first-order valence-electron chi connectivity index (χ1n) is 5.80. The lowest BCUT2D eigenvalue weighted by Gasteiger charge is -2.31. The van der Waals surface area contributed by atoms with E-state index in [1.54, 1.807) is 11.3 Å². The van der Waals surface area contributed by atoms with Crippen LogP contribution in [0.3, 0.4) is 0 Å². The van der Waals surface area contributed by atoms with E-state index in [9.17, 15) is 0 Å². The lowest BCUT2D eigenvalue weighted by molar-refractivity contribution is 0.0414. The summed E-state index contributed by atoms with van der Waals surface area (Å²) in [7, 11) is 1.83. The summed E-state index contributed by atoms with van der Waals surface area (Å²) in [6.07, 6.45) is 5.47. The van der Waals surface area contributed by atoms with Crippen LogP contribution in [0, 0.1) is 0 Å². The maximum atomic E-state index is 5.53. The Morgan fingerprint density at radius 2 is 2.25 bits per heavy atom. The number of ether oxygens (including phenoxy) is 1. The second-order valence-electron chi connectivity index (χ2n) is 4.25. The molecule has 1 saturated carbocycles. The van der Waals surface area contributed by atoms with Gasteiger partial charge in [0.25, 0.3) is 0 Å². The van der Waals surface area contributed by atoms with E-state index < -0.39 is 0 Å². The van der Waals surface area contributed by atoms with E-state index in [1.807, 2.05) is 7.11 Å². The smallest absolute Gasteiger partial charge is 0.0724 e. The SMILES string of the molecule is COC1CCCCC1NCc1ccc(Br)s1. The fourth-order valence-electron chi connectivity index (χ4n) is 2.29. The summed E-state index contributed by atoms with van der Waals surface area (Å²) in [5.74, 6) is 0. The van der Waals surface area contributed by atoms with E-state index in [-0.39, 0.29) is 0 Å². The first-order chi connectivity index (χ1) is 7.79. The Balaban J connectivity index is 1.84. The summed E-state index contributed by atoms with van der Waals surface area (Å²) >= 11 is 5.29. The fraction of sp³-hybridized carbons (Fsp3) is 0.667. The second-order valence-corrected chi connectivity index (χ2v) is 6.80. The summed E-state index contributed by atoms with van der Waals surface area (Å²) in [5.41, 5.74) is 0. The van der Waals surface area contributed by atoms with E-state index in [4.69, 9.17) is 4.74 Å². The molecule has 1 aromatic rings. The summed E-state index contributed by atoms with van der Waals surface area (Å²) in [6.45, 7) is 0.959. The molecule has 2 unspecified atom stereocenters. The van der Waals surface area contributed by atoms with Gasteiger partial charge >= 0.3 is 0 Å². The van der Waals surface area contributed by atoms with Crippen LogP contribution in [0.1, 0.15) is 30.6 Å². The number of nitrogens with one attached hydrogen (secondary N) is 1. The Hall–Kier alpha value is 0.1000. The lowest BCUT2D eigenvalue weighted by atomic mass is 9.92. The molecule has 0 aliphatic heterocycles. The van der Waals surface area contributed by atoms with Gasteiger partial charge < -0.3 is 10.1 Å². The van der Waals surface area contributed by atoms with Gasteiger partial charge in [-0.2, -0.15) is 0 Å². The van der Waals surface area contributed by atoms with Gasteiger partial charge in [-0.1, -0.05) is 12.8 Å². The average molecular weight is 304 g/mol. The van der Waals surface area contributed by atoms with E-state index >= 15 is 0 Å². The first kappa shape index (κ1) is 12.6. The monoisotopic (exact) mass is 303 g/mol. The van der Waals surface area contributed by atoms with Gasteiger partial charge in [0.05, 0.1) is 9.89 Å². The lowest BCUT2D eigenvalue weighted by Crippen LogP contribution is -2.42. The van der Waals surface area contributed by atoms with Crippen molar-refractivity contribution in [2.45, 2.75) is 44.4 Å². The predicted octanol–water partition coefficient (Wildman–Crippen LogP) is 3.56. The summed E-state index contributed by atoms with van der Waals surface area (Å²) in [5, 5.41) is 3.62. The minimum absolute atomic E-state index is 0.400. The van der Waals surface area contributed by atoms with Crippen LogP contribution in [0.5, 0.6) is 0 Å². The van der Waals surface area contributed by atoms with Crippen molar-refractivity contribution in [3.8, 4) is 0 Å². The highest BCUT2D eigenvalue weighted by atomic mass is 79.9. The molecule has 2 atom stereocenters. The third-order valence-corrected chi connectivity index (χ3v) is 4.80. The molecule has 0 amide bonds. The minimum Gasteiger partial charge on any atom is -0.380 e. The van der Waals surface area contributed by atoms with Gasteiger partial charge in [-0.15, -0.1) is 11.3 Å². The number of hydrogen-bond donors (Lipinski definition) is 1. The van der Waals surface area contributed by atoms with Crippen molar-refractivity contribution < 1.29 is 4.74 Å². The Morgan fingerprint density at radius 3 is 2.94 bits per heavy atom. The van der Waals surface area contributed by atoms with Crippen LogP contribution in [0.2, 0.25) is 0 Å². The Morgan fingerprint density at radius 1 is 1.44 bits per heavy atom. The molecule has 1 N–H and O–H groups in total. The average Bonchev–Trinajstić information content (AvgIpc) is 2.73. The van der Waals surface area contributed by atoms with Crippen molar-refractivity contribution in [1.29, 1.82) is 0 Å². The highest BCUT2D eigenvalue weighted by Gasteiger charge is 2.24. The maximum absolute atomic E-state index is 5.53. The van der Waals surface area contributed by atoms with Gasteiger partial charge in [0.1, 0.15) is 0 Å². The van der Waals surface area contributed by atoms with Crippen LogP contribution in [0.15, 0.2) is 15.9 Å². The van der Waals surface area contributed by atoms with Crippen LogP contribution in [-0.4, -0.2) is 19.3 Å². The van der Waals surface area contributed by atoms with Crippen LogP contribution in [0.4, 0.5) is 0 Å². The molecular formula is C12H18BrNOS. The Bertz CT molecular complexity index is 329. The molecule has 16 heavy (non-hydrogen) atoms. The van der Waals surface area contributed by atoms with Gasteiger partial charge in [0.2, 0.25) is 0 Å². The molecule has 0 bridgehead atoms. The van der Waals surface area contributed by atoms with Gasteiger partial charge in [-0.25, -0.2) is 0 Å². The molecule has 1 heterocycles. The molecule has 0 saturated heterocycles. The van der Waals surface area contributed by atoms with Gasteiger partial charge in [0.15, 0.2) is 0 Å². The van der Waals surface area contributed by atoms with Crippen LogP contribution < -0.4 is 5.32 Å². The molecule has 90 valence electrons. The van der Waals surface area contributed by atoms with Crippen molar-refractivity contribution >= 4 is 27.3 Å². The van der Waals surface area contributed by atoms with Crippen LogP contribution >= 0.6 is 27.3 Å². The minimum atomic E-state index is 0.400. The normalized spacial score (nSPS) is 25.9. The Labute approximate surface area is 110 Å². The number of rotatable bonds is 4. The van der Waals surface area contributed by atoms with Crippen LogP contribution in [-0.2, 0) is 11.3 Å². The topological polar surface area (TPSA) is 21.3 Å². The van der Waals surface area contributed by atoms with Crippen molar-refractivity contribution in [2.24, 2.45) is 0 Å². The number of hydrogen-bond acceptors (Lipinski definition) is 3. The molecule has 4 heteroatoms. The zero-order valence-electron chi connectivity index (χ0n) is 9.54. The molecule has 2 rings (SSSR count). The van der Waals surface area contributed by atoms with Crippen LogP contribution in [0.25, 0.3) is 0 Å².